The van der Waals surface area contributed by atoms with Crippen LogP contribution in [0.4, 0.5) is 0 Å². The number of nitriles is 1. The summed E-state index contributed by atoms with van der Waals surface area (Å²) in [5.41, 5.74) is -0.314. The minimum atomic E-state index is -1.10. The van der Waals surface area contributed by atoms with Gasteiger partial charge in [0, 0.05) is 28.4 Å². The summed E-state index contributed by atoms with van der Waals surface area (Å²) in [5.74, 6) is -1.78. The Kier molecular flexibility index (Phi) is 9.82. The number of Topliss-reactive ketones (excluding diaryl/α,β-unsaturated/α-hetero) is 1. The van der Waals surface area contributed by atoms with Crippen LogP contribution in [-0.2, 0) is 19.7 Å². The maximum Gasteiger partial charge on any atom is 0.310 e. The average molecular weight is 586 g/mol. The van der Waals surface area contributed by atoms with E-state index in [1.165, 1.54) is 0 Å². The molecule has 5 nitrogen and oxygen atoms in total. The lowest BCUT2D eigenvalue weighted by molar-refractivity contribution is -0.163. The van der Waals surface area contributed by atoms with Gasteiger partial charge in [0.15, 0.2) is 5.78 Å². The third-order valence-electron chi connectivity index (χ3n) is 7.57. The van der Waals surface area contributed by atoms with Crippen molar-refractivity contribution in [2.75, 3.05) is 0 Å². The summed E-state index contributed by atoms with van der Waals surface area (Å²) in [4.78, 5) is 27.4. The first-order valence-corrected chi connectivity index (χ1v) is 14.7. The minimum absolute atomic E-state index is 0.00563. The van der Waals surface area contributed by atoms with Crippen LogP contribution in [0.3, 0.4) is 0 Å². The van der Waals surface area contributed by atoms with Gasteiger partial charge in [0.2, 0.25) is 0 Å². The molecule has 0 saturated carbocycles. The number of carbonyl (C=O) groups excluding carboxylic acids is 2. The first kappa shape index (κ1) is 32.1. The van der Waals surface area contributed by atoms with Gasteiger partial charge < -0.3 is 10.1 Å². The molecule has 1 fully saturated rings. The molecule has 0 radical (unpaired) electrons. The summed E-state index contributed by atoms with van der Waals surface area (Å²) in [5, 5.41) is 15.7. The van der Waals surface area contributed by atoms with E-state index in [0.717, 1.165) is 11.1 Å². The van der Waals surface area contributed by atoms with Crippen LogP contribution in [0.25, 0.3) is 0 Å². The third kappa shape index (κ3) is 7.27. The van der Waals surface area contributed by atoms with E-state index in [9.17, 15) is 14.9 Å². The standard InChI is InChI=1S/C33H42Cl2N2O3/c1-20(2)25(30(39)40-32(6,7)8)17-26(38)29-28(21-10-9-11-24(35)16-21)33(19-36,22-12-14-23(34)15-13-22)27(37-29)18-31(3,4)5/h9-16,20,25,27-29,37H,17-18H2,1-8H3/t25-,27+,28+,29+,33+/m0/s1. The molecule has 40 heavy (non-hydrogen) atoms. The van der Waals surface area contributed by atoms with Crippen LogP contribution in [0, 0.1) is 28.6 Å². The topological polar surface area (TPSA) is 79.2 Å². The summed E-state index contributed by atoms with van der Waals surface area (Å²) in [6.45, 7) is 15.7. The lowest BCUT2D eigenvalue weighted by Gasteiger charge is -2.37. The number of esters is 1. The Morgan fingerprint density at radius 1 is 1.02 bits per heavy atom. The molecule has 3 rings (SSSR count). The lowest BCUT2D eigenvalue weighted by atomic mass is 9.62. The Hall–Kier alpha value is -2.39. The number of carbonyl (C=O) groups is 2. The molecule has 0 amide bonds. The molecule has 0 aromatic heterocycles. The van der Waals surface area contributed by atoms with Crippen molar-refractivity contribution in [1.29, 1.82) is 5.26 Å². The molecule has 0 bridgehead atoms. The van der Waals surface area contributed by atoms with Crippen molar-refractivity contribution in [1.82, 2.24) is 5.32 Å². The predicted molar refractivity (Wildman–Crippen MR) is 162 cm³/mol. The fourth-order valence-electron chi connectivity index (χ4n) is 5.82. The van der Waals surface area contributed by atoms with Crippen LogP contribution in [0.2, 0.25) is 10.0 Å². The highest BCUT2D eigenvalue weighted by molar-refractivity contribution is 6.30. The second-order valence-corrected chi connectivity index (χ2v) is 14.4. The van der Waals surface area contributed by atoms with Gasteiger partial charge in [0.05, 0.1) is 18.0 Å². The van der Waals surface area contributed by atoms with E-state index in [4.69, 9.17) is 27.9 Å². The molecule has 1 heterocycles. The summed E-state index contributed by atoms with van der Waals surface area (Å²) in [6, 6.07) is 16.3. The van der Waals surface area contributed by atoms with E-state index in [2.05, 4.69) is 32.2 Å². The molecule has 1 N–H and O–H groups in total. The number of ketones is 1. The average Bonchev–Trinajstić information content (AvgIpc) is 3.14. The number of hydrogen-bond donors (Lipinski definition) is 1. The first-order chi connectivity index (χ1) is 18.5. The largest absolute Gasteiger partial charge is 0.460 e. The van der Waals surface area contributed by atoms with Crippen molar-refractivity contribution < 1.29 is 14.3 Å². The monoisotopic (exact) mass is 584 g/mol. The maximum absolute atomic E-state index is 14.3. The van der Waals surface area contributed by atoms with Gasteiger partial charge in [-0.25, -0.2) is 0 Å². The number of hydrogen-bond acceptors (Lipinski definition) is 5. The van der Waals surface area contributed by atoms with Gasteiger partial charge in [-0.1, -0.05) is 82.1 Å². The fraction of sp³-hybridized carbons (Fsp3) is 0.545. The molecule has 2 aromatic rings. The van der Waals surface area contributed by atoms with Gasteiger partial charge in [-0.3, -0.25) is 9.59 Å². The van der Waals surface area contributed by atoms with Crippen LogP contribution in [0.5, 0.6) is 0 Å². The molecule has 0 unspecified atom stereocenters. The Morgan fingerprint density at radius 2 is 1.65 bits per heavy atom. The van der Waals surface area contributed by atoms with E-state index in [0.29, 0.717) is 16.5 Å². The zero-order valence-electron chi connectivity index (χ0n) is 24.8. The number of halogens is 2. The van der Waals surface area contributed by atoms with Crippen LogP contribution < -0.4 is 5.32 Å². The Balaban J connectivity index is 2.18. The van der Waals surface area contributed by atoms with Crippen molar-refractivity contribution in [3.05, 3.63) is 69.7 Å². The fourth-order valence-corrected chi connectivity index (χ4v) is 6.15. The molecule has 2 aromatic carbocycles. The predicted octanol–water partition coefficient (Wildman–Crippen LogP) is 7.89. The van der Waals surface area contributed by atoms with Crippen molar-refractivity contribution in [2.24, 2.45) is 17.3 Å². The highest BCUT2D eigenvalue weighted by atomic mass is 35.5. The first-order valence-electron chi connectivity index (χ1n) is 13.9. The number of rotatable bonds is 8. The molecule has 1 saturated heterocycles. The summed E-state index contributed by atoms with van der Waals surface area (Å²) >= 11 is 12.7. The van der Waals surface area contributed by atoms with Crippen molar-refractivity contribution in [3.63, 3.8) is 0 Å². The number of ether oxygens (including phenoxy) is 1. The minimum Gasteiger partial charge on any atom is -0.460 e. The second-order valence-electron chi connectivity index (χ2n) is 13.5. The smallest absolute Gasteiger partial charge is 0.310 e. The quantitative estimate of drug-likeness (QED) is 0.319. The summed E-state index contributed by atoms with van der Waals surface area (Å²) < 4.78 is 5.69. The highest BCUT2D eigenvalue weighted by Gasteiger charge is 2.59. The van der Waals surface area contributed by atoms with E-state index in [1.807, 2.05) is 65.0 Å². The van der Waals surface area contributed by atoms with Crippen molar-refractivity contribution in [3.8, 4) is 6.07 Å². The molecular weight excluding hydrogens is 543 g/mol. The highest BCUT2D eigenvalue weighted by Crippen LogP contribution is 2.52. The SMILES string of the molecule is CC(C)[C@H](CC(=O)[C@H]1N[C@H](CC(C)(C)C)[C@@](C#N)(c2ccc(Cl)cc2)[C@@H]1c1cccc(Cl)c1)C(=O)OC(C)(C)C. The Morgan fingerprint density at radius 3 is 2.15 bits per heavy atom. The summed E-state index contributed by atoms with van der Waals surface area (Å²) in [7, 11) is 0. The molecule has 1 aliphatic heterocycles. The molecule has 216 valence electrons. The van der Waals surface area contributed by atoms with E-state index in [-0.39, 0.29) is 35.5 Å². The zero-order chi connectivity index (χ0) is 30.0. The maximum atomic E-state index is 14.3. The van der Waals surface area contributed by atoms with E-state index < -0.39 is 28.9 Å². The second kappa shape index (κ2) is 12.2. The third-order valence-corrected chi connectivity index (χ3v) is 8.05. The van der Waals surface area contributed by atoms with Crippen LogP contribution in [0.1, 0.15) is 85.3 Å². The van der Waals surface area contributed by atoms with Gasteiger partial charge in [-0.05, 0) is 73.9 Å². The zero-order valence-corrected chi connectivity index (χ0v) is 26.4. The molecule has 5 atom stereocenters. The van der Waals surface area contributed by atoms with Crippen molar-refractivity contribution in [2.45, 2.75) is 97.2 Å². The van der Waals surface area contributed by atoms with E-state index >= 15 is 0 Å². The van der Waals surface area contributed by atoms with Crippen LogP contribution in [-0.4, -0.2) is 29.4 Å². The van der Waals surface area contributed by atoms with Crippen molar-refractivity contribution >= 4 is 35.0 Å². The lowest BCUT2D eigenvalue weighted by Crippen LogP contribution is -2.44. The summed E-state index contributed by atoms with van der Waals surface area (Å²) in [6.07, 6.45) is 0.648. The molecule has 7 heteroatoms. The normalized spacial score (nSPS) is 24.0. The van der Waals surface area contributed by atoms with Gasteiger partial charge in [-0.2, -0.15) is 5.26 Å². The number of nitrogens with one attached hydrogen (secondary N) is 1. The van der Waals surface area contributed by atoms with Gasteiger partial charge in [0.25, 0.3) is 0 Å². The van der Waals surface area contributed by atoms with Crippen LogP contribution in [0.15, 0.2) is 48.5 Å². The Bertz CT molecular complexity index is 1250. The number of nitrogens with zero attached hydrogens (tertiary/aromatic N) is 1. The van der Waals surface area contributed by atoms with E-state index in [1.54, 1.807) is 18.2 Å². The molecular formula is C33H42Cl2N2O3. The molecule has 0 spiro atoms. The van der Waals surface area contributed by atoms with Gasteiger partial charge in [0.1, 0.15) is 11.0 Å². The van der Waals surface area contributed by atoms with Gasteiger partial charge >= 0.3 is 5.97 Å². The Labute approximate surface area is 249 Å². The van der Waals surface area contributed by atoms with Gasteiger partial charge in [-0.15, -0.1) is 0 Å². The molecule has 1 aliphatic rings. The number of benzene rings is 2. The van der Waals surface area contributed by atoms with Crippen LogP contribution >= 0.6 is 23.2 Å². The molecule has 0 aliphatic carbocycles.